The third-order valence-electron chi connectivity index (χ3n) is 24.6. The van der Waals surface area contributed by atoms with E-state index >= 15 is 0 Å². The van der Waals surface area contributed by atoms with Gasteiger partial charge in [0.1, 0.15) is 0 Å². The van der Waals surface area contributed by atoms with E-state index in [9.17, 15) is 0 Å². The molecule has 0 aliphatic carbocycles. The second-order valence-corrected chi connectivity index (χ2v) is 32.9. The van der Waals surface area contributed by atoms with Gasteiger partial charge in [0.15, 0.2) is 0 Å². The van der Waals surface area contributed by atoms with Crippen LogP contribution >= 0.6 is 0 Å². The summed E-state index contributed by atoms with van der Waals surface area (Å²) in [7, 11) is 0. The molecule has 6 heterocycles. The predicted octanol–water partition coefficient (Wildman–Crippen LogP) is 31.6. The van der Waals surface area contributed by atoms with Crippen molar-refractivity contribution in [1.29, 1.82) is 0 Å². The Labute approximate surface area is 820 Å². The van der Waals surface area contributed by atoms with Gasteiger partial charge in [0, 0.05) is 48.3 Å². The van der Waals surface area contributed by atoms with E-state index < -0.39 is 0 Å². The van der Waals surface area contributed by atoms with Gasteiger partial charge in [0.05, 0.1) is 0 Å². The molecule has 0 bridgehead atoms. The molecule has 136 heavy (non-hydrogen) atoms. The Kier molecular flexibility index (Phi) is 25.8. The second kappa shape index (κ2) is 40.2. The molecular weight excluding hydrogens is 2010 g/mol. The molecule has 0 amide bonds. The number of rotatable bonds is 20. The van der Waals surface area contributed by atoms with Crippen LogP contribution in [-0.4, -0.2) is 29.9 Å². The Bertz CT molecular complexity index is 7340. The van der Waals surface area contributed by atoms with Crippen LogP contribution < -0.4 is 0 Å². The van der Waals surface area contributed by atoms with Crippen molar-refractivity contribution in [3.63, 3.8) is 0 Å². The van der Waals surface area contributed by atoms with E-state index in [4.69, 9.17) is 9.97 Å². The summed E-state index contributed by atoms with van der Waals surface area (Å²) in [5.74, 6) is 7.37. The maximum absolute atomic E-state index is 4.89. The smallest absolute Gasteiger partial charge is 0.305 e. The van der Waals surface area contributed by atoms with Gasteiger partial charge < -0.3 is 29.9 Å². The molecular formula is C128H78Ir2N6. The molecule has 0 fully saturated rings. The molecule has 0 N–H and O–H groups in total. The normalized spacial score (nSPS) is 10.9. The molecule has 22 rings (SSSR count). The SMILES string of the molecule is C(#Cc1cccc(-c2cc(-c3ccccn3)[c-]cc2-c2ccccc2-c2cc(-c3ccccc3-c3c[c-]c(-c4ccccn4)cc3)cc(-c3ccccc3-c3c[c-]c(-c4ccccn4)cc3)c2)c1)c1cccc(-c2cc(-c3ccccn3)[c-]cc2-c2ccccc2-c2cc(-c3ccccc3-c3c[c-]c(-c4ccccn4)cc3)cc(-c3ccccc3-c3c[c-]c(-c4ccccn4)cc3)c2)c1.[Ir+3].[Ir+3]. The van der Waals surface area contributed by atoms with Crippen LogP contribution in [0.15, 0.2) is 474 Å². The molecule has 638 valence electrons. The van der Waals surface area contributed by atoms with Gasteiger partial charge in [0.25, 0.3) is 0 Å². The zero-order valence-electron chi connectivity index (χ0n) is 73.4. The van der Waals surface area contributed by atoms with Gasteiger partial charge >= 0.3 is 40.2 Å². The summed E-state index contributed by atoms with van der Waals surface area (Å²) in [6.45, 7) is 0. The molecule has 22 aromatic rings. The van der Waals surface area contributed by atoms with Gasteiger partial charge in [-0.2, -0.15) is 0 Å². The minimum absolute atomic E-state index is 0. The molecule has 6 nitrogen and oxygen atoms in total. The first-order valence-corrected chi connectivity index (χ1v) is 44.7. The molecule has 8 heteroatoms. The molecule has 0 unspecified atom stereocenters. The summed E-state index contributed by atoms with van der Waals surface area (Å²) in [6, 6.07) is 176. The van der Waals surface area contributed by atoms with Crippen LogP contribution in [0.3, 0.4) is 0 Å². The van der Waals surface area contributed by atoms with Crippen LogP contribution in [0.25, 0.3) is 223 Å². The molecule has 0 atom stereocenters. The molecule has 0 spiro atoms. The summed E-state index contributed by atoms with van der Waals surface area (Å²) < 4.78 is 0. The third kappa shape index (κ3) is 18.6. The van der Waals surface area contributed by atoms with Crippen LogP contribution in [0.4, 0.5) is 0 Å². The summed E-state index contributed by atoms with van der Waals surface area (Å²) in [4.78, 5) is 28.4. The molecule has 0 saturated heterocycles. The fourth-order valence-electron chi connectivity index (χ4n) is 18.1. The van der Waals surface area contributed by atoms with E-state index in [1.54, 1.807) is 0 Å². The van der Waals surface area contributed by atoms with Crippen LogP contribution in [0, 0.1) is 48.2 Å². The van der Waals surface area contributed by atoms with Crippen molar-refractivity contribution in [3.05, 3.63) is 521 Å². The first kappa shape index (κ1) is 87.3. The van der Waals surface area contributed by atoms with Crippen molar-refractivity contribution in [3.8, 4) is 235 Å². The Balaban J connectivity index is 0.00000572. The maximum atomic E-state index is 4.89. The van der Waals surface area contributed by atoms with Crippen molar-refractivity contribution >= 4 is 0 Å². The Hall–Kier alpha value is -16.7. The first-order valence-electron chi connectivity index (χ1n) is 44.7. The van der Waals surface area contributed by atoms with E-state index in [0.717, 1.165) is 234 Å². The molecule has 0 saturated carbocycles. The van der Waals surface area contributed by atoms with Gasteiger partial charge in [-0.05, 0) is 209 Å². The zero-order valence-corrected chi connectivity index (χ0v) is 78.2. The number of benzene rings is 16. The fourth-order valence-corrected chi connectivity index (χ4v) is 18.1. The molecule has 16 aromatic carbocycles. The van der Waals surface area contributed by atoms with E-state index in [0.29, 0.717) is 0 Å². The standard InChI is InChI=1S/C128H78N6.2Ir/c1-5-35-111(107(31-1)89-51-59-93(60-52-89)123-43-13-19-71-129-123)101-79-102(112-36-6-2-32-108(112)90-53-61-94(62-54-90)124-44-14-20-72-130-124)82-105(81-101)115-39-9-11-41-117(115)119-69-67-99(127-47-17-23-75-133-127)85-121(119)97-29-25-27-87(77-97)49-50-88-28-26-30-98(78-88)122-86-100(128-48-18-24-76-134-128)68-70-120(122)118-42-12-10-40-116(118)106-83-103(113-37-7-3-33-109(113)91-55-63-95(64-56-91)125-45-15-21-73-131-125)80-104(84-106)114-38-8-4-34-110(114)92-57-65-96(66-58-92)126-46-16-22-74-132-126;;/h1-48,51-59,61,63,65,69-86H;;/q-6;2*+3. The molecule has 0 aliphatic rings. The van der Waals surface area contributed by atoms with E-state index in [-0.39, 0.29) is 40.2 Å². The Morgan fingerprint density at radius 3 is 0.581 bits per heavy atom. The Morgan fingerprint density at radius 1 is 0.140 bits per heavy atom. The van der Waals surface area contributed by atoms with Crippen LogP contribution in [0.1, 0.15) is 11.1 Å². The molecule has 6 aromatic heterocycles. The quantitative estimate of drug-likeness (QED) is 0.0559. The van der Waals surface area contributed by atoms with Gasteiger partial charge in [-0.1, -0.05) is 332 Å². The van der Waals surface area contributed by atoms with E-state index in [2.05, 4.69) is 396 Å². The number of hydrogen-bond acceptors (Lipinski definition) is 6. The van der Waals surface area contributed by atoms with Crippen molar-refractivity contribution in [2.24, 2.45) is 0 Å². The van der Waals surface area contributed by atoms with Gasteiger partial charge in [-0.25, -0.2) is 0 Å². The average Bonchev–Trinajstić information content (AvgIpc) is 0.737. The summed E-state index contributed by atoms with van der Waals surface area (Å²) in [6.07, 6.45) is 11.0. The molecule has 0 aliphatic heterocycles. The topological polar surface area (TPSA) is 77.3 Å². The zero-order chi connectivity index (χ0) is 89.3. The molecule has 0 radical (unpaired) electrons. The minimum Gasteiger partial charge on any atom is -0.305 e. The minimum atomic E-state index is 0. The van der Waals surface area contributed by atoms with Crippen molar-refractivity contribution in [2.45, 2.75) is 0 Å². The fraction of sp³-hybridized carbons (Fsp3) is 0. The summed E-state index contributed by atoms with van der Waals surface area (Å²) >= 11 is 0. The van der Waals surface area contributed by atoms with Gasteiger partial charge in [-0.15, -0.1) is 167 Å². The van der Waals surface area contributed by atoms with Crippen LogP contribution in [0.5, 0.6) is 0 Å². The third-order valence-corrected chi connectivity index (χ3v) is 24.6. The van der Waals surface area contributed by atoms with Crippen molar-refractivity contribution in [1.82, 2.24) is 29.9 Å². The Morgan fingerprint density at radius 2 is 0.353 bits per heavy atom. The van der Waals surface area contributed by atoms with E-state index in [1.165, 1.54) is 0 Å². The monoisotopic (exact) mass is 2080 g/mol. The van der Waals surface area contributed by atoms with Gasteiger partial charge in [0.2, 0.25) is 0 Å². The first-order chi connectivity index (χ1) is 66.4. The summed E-state index contributed by atoms with van der Waals surface area (Å²) in [5, 5.41) is 0. The largest absolute Gasteiger partial charge is 3.00 e. The van der Waals surface area contributed by atoms with Crippen molar-refractivity contribution < 1.29 is 40.2 Å². The predicted molar refractivity (Wildman–Crippen MR) is 547 cm³/mol. The van der Waals surface area contributed by atoms with Crippen LogP contribution in [-0.2, 0) is 40.2 Å². The van der Waals surface area contributed by atoms with Gasteiger partial charge in [-0.3, -0.25) is 0 Å². The summed E-state index contributed by atoms with van der Waals surface area (Å²) in [5.41, 5.74) is 41.6. The van der Waals surface area contributed by atoms with E-state index in [1.807, 2.05) is 146 Å². The number of nitrogens with zero attached hydrogens (tertiary/aromatic N) is 6. The number of aromatic nitrogens is 6. The van der Waals surface area contributed by atoms with Crippen molar-refractivity contribution in [2.75, 3.05) is 0 Å². The maximum Gasteiger partial charge on any atom is 3.00 e. The van der Waals surface area contributed by atoms with Crippen LogP contribution in [0.2, 0.25) is 0 Å². The average molecular weight is 2080 g/mol. The number of hydrogen-bond donors (Lipinski definition) is 0. The second-order valence-electron chi connectivity index (χ2n) is 32.9. The number of pyridine rings is 6.